The van der Waals surface area contributed by atoms with Gasteiger partial charge in [0.25, 0.3) is 5.91 Å². The summed E-state index contributed by atoms with van der Waals surface area (Å²) in [5.41, 5.74) is 4.37. The molecule has 1 aromatic heterocycles. The molecule has 3 N–H and O–H groups in total. The minimum absolute atomic E-state index is 0.0522. The number of carbonyl (C=O) groups is 3. The molecule has 9 heteroatoms. The topological polar surface area (TPSA) is 131 Å². The number of carbonyl (C=O) groups excluding carboxylic acids is 2. The quantitative estimate of drug-likeness (QED) is 0.473. The number of aliphatic carboxylic acids is 1. The van der Waals surface area contributed by atoms with Gasteiger partial charge in [-0.15, -0.1) is 0 Å². The van der Waals surface area contributed by atoms with Crippen LogP contribution >= 0.6 is 0 Å². The second-order valence-electron chi connectivity index (χ2n) is 7.70. The molecule has 0 fully saturated rings. The summed E-state index contributed by atoms with van der Waals surface area (Å²) in [6.07, 6.45) is -0.497. The standard InChI is InChI=1S/C24H23N3O6/c1-2-14(11-22(28)29)25-23(30)20-12-21(33-27-20)26-24(31)32-13-19-17-9-5-3-7-15(17)16-8-4-6-10-18(16)19/h3-10,12,14,19H,2,11,13H2,1H3,(H,25,30)(H,26,31)(H,28,29). The molecule has 1 aliphatic rings. The molecule has 4 rings (SSSR count). The largest absolute Gasteiger partial charge is 0.481 e. The Morgan fingerprint density at radius 1 is 1.09 bits per heavy atom. The normalized spacial score (nSPS) is 13.0. The molecule has 0 aliphatic heterocycles. The first kappa shape index (κ1) is 22.1. The Morgan fingerprint density at radius 3 is 2.33 bits per heavy atom. The SMILES string of the molecule is CCC(CC(=O)O)NC(=O)c1cc(NC(=O)OCC2c3ccccc3-c3ccccc32)on1. The van der Waals surface area contributed by atoms with Crippen molar-refractivity contribution in [3.63, 3.8) is 0 Å². The number of fused-ring (bicyclic) bond motifs is 3. The number of anilines is 1. The van der Waals surface area contributed by atoms with Crippen LogP contribution in [0.15, 0.2) is 59.1 Å². The number of carboxylic acid groups (broad SMARTS) is 1. The molecule has 33 heavy (non-hydrogen) atoms. The first-order valence-corrected chi connectivity index (χ1v) is 10.6. The van der Waals surface area contributed by atoms with Crippen LogP contribution in [0, 0.1) is 0 Å². The zero-order chi connectivity index (χ0) is 23.4. The van der Waals surface area contributed by atoms with Crippen molar-refractivity contribution in [2.75, 3.05) is 11.9 Å². The summed E-state index contributed by atoms with van der Waals surface area (Å²) in [4.78, 5) is 35.4. The van der Waals surface area contributed by atoms with E-state index in [0.717, 1.165) is 22.3 Å². The first-order valence-electron chi connectivity index (χ1n) is 10.6. The number of nitrogens with zero attached hydrogens (tertiary/aromatic N) is 1. The fourth-order valence-corrected chi connectivity index (χ4v) is 3.94. The van der Waals surface area contributed by atoms with E-state index in [4.69, 9.17) is 14.4 Å². The minimum Gasteiger partial charge on any atom is -0.481 e. The Morgan fingerprint density at radius 2 is 1.73 bits per heavy atom. The number of ether oxygens (including phenoxy) is 1. The maximum absolute atomic E-state index is 12.3. The van der Waals surface area contributed by atoms with Crippen LogP contribution in [0.1, 0.15) is 47.3 Å². The van der Waals surface area contributed by atoms with E-state index in [1.54, 1.807) is 6.92 Å². The second kappa shape index (κ2) is 9.56. The highest BCUT2D eigenvalue weighted by Crippen LogP contribution is 2.44. The number of amides is 2. The number of carboxylic acids is 1. The molecule has 2 aromatic carbocycles. The number of hydrogen-bond acceptors (Lipinski definition) is 6. The van der Waals surface area contributed by atoms with Gasteiger partial charge in [-0.25, -0.2) is 4.79 Å². The number of aromatic nitrogens is 1. The van der Waals surface area contributed by atoms with Crippen LogP contribution in [-0.4, -0.2) is 40.9 Å². The van der Waals surface area contributed by atoms with E-state index in [2.05, 4.69) is 27.9 Å². The van der Waals surface area contributed by atoms with E-state index in [9.17, 15) is 14.4 Å². The molecule has 3 aromatic rings. The molecule has 1 unspecified atom stereocenters. The molecule has 1 heterocycles. The fraction of sp³-hybridized carbons (Fsp3) is 0.250. The van der Waals surface area contributed by atoms with E-state index in [0.29, 0.717) is 6.42 Å². The van der Waals surface area contributed by atoms with Gasteiger partial charge in [-0.1, -0.05) is 60.6 Å². The molecule has 0 radical (unpaired) electrons. The Bertz CT molecular complexity index is 1140. The number of hydrogen-bond donors (Lipinski definition) is 3. The van der Waals surface area contributed by atoms with Gasteiger partial charge in [0.15, 0.2) is 5.69 Å². The van der Waals surface area contributed by atoms with Gasteiger partial charge < -0.3 is 19.7 Å². The van der Waals surface area contributed by atoms with Crippen molar-refractivity contribution in [3.05, 3.63) is 71.4 Å². The smallest absolute Gasteiger partial charge is 0.414 e. The molecule has 1 atom stereocenters. The van der Waals surface area contributed by atoms with Crippen molar-refractivity contribution >= 4 is 23.9 Å². The molecular formula is C24H23N3O6. The number of nitrogens with one attached hydrogen (secondary N) is 2. The van der Waals surface area contributed by atoms with Crippen LogP contribution in [0.5, 0.6) is 0 Å². The van der Waals surface area contributed by atoms with Gasteiger partial charge in [-0.05, 0) is 28.7 Å². The zero-order valence-electron chi connectivity index (χ0n) is 17.9. The Balaban J connectivity index is 1.35. The summed E-state index contributed by atoms with van der Waals surface area (Å²) in [6, 6.07) is 16.7. The van der Waals surface area contributed by atoms with Gasteiger partial charge in [0.05, 0.1) is 6.42 Å². The number of benzene rings is 2. The van der Waals surface area contributed by atoms with Crippen molar-refractivity contribution < 1.29 is 28.8 Å². The summed E-state index contributed by atoms with van der Waals surface area (Å²) in [5.74, 6) is -1.74. The lowest BCUT2D eigenvalue weighted by molar-refractivity contribution is -0.137. The summed E-state index contributed by atoms with van der Waals surface area (Å²) < 4.78 is 10.4. The monoisotopic (exact) mass is 449 g/mol. The van der Waals surface area contributed by atoms with E-state index >= 15 is 0 Å². The van der Waals surface area contributed by atoms with Crippen LogP contribution in [0.25, 0.3) is 11.1 Å². The highest BCUT2D eigenvalue weighted by Gasteiger charge is 2.29. The van der Waals surface area contributed by atoms with E-state index < -0.39 is 24.0 Å². The van der Waals surface area contributed by atoms with Crippen LogP contribution in [0.3, 0.4) is 0 Å². The maximum Gasteiger partial charge on any atom is 0.414 e. The lowest BCUT2D eigenvalue weighted by Gasteiger charge is -2.14. The predicted octanol–water partition coefficient (Wildman–Crippen LogP) is 4.02. The zero-order valence-corrected chi connectivity index (χ0v) is 17.9. The van der Waals surface area contributed by atoms with Gasteiger partial charge >= 0.3 is 12.1 Å². The maximum atomic E-state index is 12.3. The van der Waals surface area contributed by atoms with Gasteiger partial charge in [0.1, 0.15) is 6.61 Å². The molecule has 1 aliphatic carbocycles. The third-order valence-electron chi connectivity index (χ3n) is 5.56. The summed E-state index contributed by atoms with van der Waals surface area (Å²) in [5, 5.41) is 17.5. The van der Waals surface area contributed by atoms with Gasteiger partial charge in [0, 0.05) is 18.0 Å². The highest BCUT2D eigenvalue weighted by molar-refractivity contribution is 5.94. The van der Waals surface area contributed by atoms with Crippen molar-refractivity contribution in [3.8, 4) is 11.1 Å². The first-order chi connectivity index (χ1) is 16.0. The van der Waals surface area contributed by atoms with Crippen molar-refractivity contribution in [2.24, 2.45) is 0 Å². The third kappa shape index (κ3) is 4.87. The summed E-state index contributed by atoms with van der Waals surface area (Å²) in [6.45, 7) is 1.90. The van der Waals surface area contributed by atoms with E-state index in [-0.39, 0.29) is 30.5 Å². The number of rotatable bonds is 8. The van der Waals surface area contributed by atoms with Crippen LogP contribution in [0.2, 0.25) is 0 Å². The molecule has 9 nitrogen and oxygen atoms in total. The summed E-state index contributed by atoms with van der Waals surface area (Å²) in [7, 11) is 0. The molecule has 2 amide bonds. The highest BCUT2D eigenvalue weighted by atomic mass is 16.6. The second-order valence-corrected chi connectivity index (χ2v) is 7.70. The van der Waals surface area contributed by atoms with Crippen LogP contribution < -0.4 is 10.6 Å². The van der Waals surface area contributed by atoms with Crippen LogP contribution in [0.4, 0.5) is 10.7 Å². The molecule has 0 spiro atoms. The lowest BCUT2D eigenvalue weighted by atomic mass is 9.98. The van der Waals surface area contributed by atoms with E-state index in [1.165, 1.54) is 6.07 Å². The Kier molecular flexibility index (Phi) is 6.39. The lowest BCUT2D eigenvalue weighted by Crippen LogP contribution is -2.36. The molecular weight excluding hydrogens is 426 g/mol. The van der Waals surface area contributed by atoms with Crippen molar-refractivity contribution in [1.82, 2.24) is 10.5 Å². The molecule has 0 bridgehead atoms. The van der Waals surface area contributed by atoms with Gasteiger partial charge in [0.2, 0.25) is 5.88 Å². The van der Waals surface area contributed by atoms with Gasteiger partial charge in [-0.2, -0.15) is 0 Å². The van der Waals surface area contributed by atoms with Crippen molar-refractivity contribution in [2.45, 2.75) is 31.7 Å². The Hall–Kier alpha value is -4.14. The molecule has 0 saturated heterocycles. The Labute approximate surface area is 189 Å². The minimum atomic E-state index is -1.01. The molecule has 0 saturated carbocycles. The average Bonchev–Trinajstić information content (AvgIpc) is 3.39. The van der Waals surface area contributed by atoms with Gasteiger partial charge in [-0.3, -0.25) is 14.9 Å². The van der Waals surface area contributed by atoms with E-state index in [1.807, 2.05) is 36.4 Å². The average molecular weight is 449 g/mol. The van der Waals surface area contributed by atoms with Crippen LogP contribution in [-0.2, 0) is 9.53 Å². The third-order valence-corrected chi connectivity index (χ3v) is 5.56. The predicted molar refractivity (Wildman–Crippen MR) is 119 cm³/mol. The van der Waals surface area contributed by atoms with Crippen molar-refractivity contribution in [1.29, 1.82) is 0 Å². The summed E-state index contributed by atoms with van der Waals surface area (Å²) >= 11 is 0. The fourth-order valence-electron chi connectivity index (χ4n) is 3.94. The molecule has 170 valence electrons.